The van der Waals surface area contributed by atoms with E-state index in [2.05, 4.69) is 38.8 Å². The number of hydrogen-bond donors (Lipinski definition) is 1. The molecule has 0 fully saturated rings. The molecule has 0 aliphatic carbocycles. The maximum absolute atomic E-state index is 13.5. The molecule has 1 N–H and O–H groups in total. The molecule has 3 heterocycles. The highest BCUT2D eigenvalue weighted by atomic mass is 19.4. The average Bonchev–Trinajstić information content (AvgIpc) is 3.64. The van der Waals surface area contributed by atoms with Crippen molar-refractivity contribution in [1.82, 2.24) is 24.1 Å². The topological polar surface area (TPSA) is 77.1 Å². The van der Waals surface area contributed by atoms with Crippen LogP contribution >= 0.6 is 0 Å². The lowest BCUT2D eigenvalue weighted by atomic mass is 10.0. The lowest BCUT2D eigenvalue weighted by molar-refractivity contribution is -0.137. The minimum atomic E-state index is -4.59. The van der Waals surface area contributed by atoms with Crippen molar-refractivity contribution in [2.75, 3.05) is 5.32 Å². The molecule has 0 unspecified atom stereocenters. The van der Waals surface area contributed by atoms with Gasteiger partial charge in [-0.15, -0.1) is 6.58 Å². The lowest BCUT2D eigenvalue weighted by Gasteiger charge is -2.14. The number of anilines is 1. The fourth-order valence-electron chi connectivity index (χ4n) is 3.56. The van der Waals surface area contributed by atoms with Gasteiger partial charge in [0, 0.05) is 41.1 Å². The first-order chi connectivity index (χ1) is 19.7. The second kappa shape index (κ2) is 13.8. The lowest BCUT2D eigenvalue weighted by Crippen LogP contribution is -2.14. The third-order valence-electron chi connectivity index (χ3n) is 5.41. The third-order valence-corrected chi connectivity index (χ3v) is 5.41. The summed E-state index contributed by atoms with van der Waals surface area (Å²) >= 11 is 0. The Morgan fingerprint density at radius 2 is 1.83 bits per heavy atom. The Labute approximate surface area is 236 Å². The minimum absolute atomic E-state index is 0.00328. The first kappa shape index (κ1) is 30.4. The molecular weight excluding hydrogens is 529 g/mol. The molecule has 7 nitrogen and oxygen atoms in total. The van der Waals surface area contributed by atoms with Gasteiger partial charge in [0.2, 0.25) is 0 Å². The van der Waals surface area contributed by atoms with E-state index in [1.165, 1.54) is 29.4 Å². The van der Waals surface area contributed by atoms with Gasteiger partial charge in [0.15, 0.2) is 5.65 Å². The number of carbonyl (C=O) groups excluding carboxylic acids is 1. The van der Waals surface area contributed by atoms with Crippen LogP contribution in [0.2, 0.25) is 0 Å². The number of fused-ring (bicyclic) bond motifs is 1. The van der Waals surface area contributed by atoms with E-state index in [1.807, 2.05) is 27.7 Å². The smallest absolute Gasteiger partial charge is 0.322 e. The summed E-state index contributed by atoms with van der Waals surface area (Å²) < 4.78 is 43.5. The number of amides is 1. The Balaban J connectivity index is 0.000000868. The molecule has 0 saturated heterocycles. The van der Waals surface area contributed by atoms with Crippen LogP contribution in [0.4, 0.5) is 18.9 Å². The number of benzene rings is 2. The zero-order chi connectivity index (χ0) is 30.0. The van der Waals surface area contributed by atoms with Crippen molar-refractivity contribution in [2.45, 2.75) is 33.9 Å². The van der Waals surface area contributed by atoms with Gasteiger partial charge in [-0.25, -0.2) is 14.5 Å². The highest BCUT2D eigenvalue weighted by Crippen LogP contribution is 2.33. The number of allylic oxidation sites excluding steroid dienone is 1. The molecule has 210 valence electrons. The Kier molecular flexibility index (Phi) is 10.2. The van der Waals surface area contributed by atoms with E-state index < -0.39 is 17.6 Å². The van der Waals surface area contributed by atoms with Crippen LogP contribution in [0, 0.1) is 18.8 Å². The molecule has 0 atom stereocenters. The second-order valence-corrected chi connectivity index (χ2v) is 8.32. The largest absolute Gasteiger partial charge is 0.416 e. The maximum Gasteiger partial charge on any atom is 0.416 e. The second-order valence-electron chi connectivity index (χ2n) is 8.32. The van der Waals surface area contributed by atoms with E-state index in [1.54, 1.807) is 53.3 Å². The summed E-state index contributed by atoms with van der Waals surface area (Å²) in [5, 5.41) is 6.79. The van der Waals surface area contributed by atoms with Crippen LogP contribution in [0.1, 0.15) is 53.5 Å². The number of nitrogens with one attached hydrogen (secondary N) is 1. The highest BCUT2D eigenvalue weighted by Gasteiger charge is 2.31. The summed E-state index contributed by atoms with van der Waals surface area (Å²) in [5.41, 5.74) is 2.25. The summed E-state index contributed by atoms with van der Waals surface area (Å²) in [6, 6.07) is 11.8. The van der Waals surface area contributed by atoms with E-state index in [4.69, 9.17) is 0 Å². The first-order valence-electron chi connectivity index (χ1n) is 12.7. The van der Waals surface area contributed by atoms with Gasteiger partial charge in [0.1, 0.15) is 5.69 Å². The van der Waals surface area contributed by atoms with E-state index in [9.17, 15) is 18.0 Å². The quantitative estimate of drug-likeness (QED) is 0.189. The summed E-state index contributed by atoms with van der Waals surface area (Å²) in [6.07, 6.45) is 4.75. The zero-order valence-electron chi connectivity index (χ0n) is 23.1. The number of halogens is 3. The number of aryl methyl sites for hydroxylation is 1. The van der Waals surface area contributed by atoms with Crippen LogP contribution in [-0.4, -0.2) is 30.1 Å². The van der Waals surface area contributed by atoms with Crippen LogP contribution in [0.5, 0.6) is 0 Å². The molecule has 0 bridgehead atoms. The Morgan fingerprint density at radius 1 is 1.07 bits per heavy atom. The van der Waals surface area contributed by atoms with Crippen molar-refractivity contribution in [1.29, 1.82) is 0 Å². The van der Waals surface area contributed by atoms with Crippen molar-refractivity contribution in [2.24, 2.45) is 0 Å². The molecule has 3 aromatic heterocycles. The Morgan fingerprint density at radius 3 is 2.51 bits per heavy atom. The van der Waals surface area contributed by atoms with Gasteiger partial charge in [-0.3, -0.25) is 4.79 Å². The van der Waals surface area contributed by atoms with Crippen LogP contribution < -0.4 is 5.32 Å². The number of nitrogens with zero attached hydrogens (tertiary/aromatic N) is 5. The number of imidazole rings is 2. The fourth-order valence-corrected chi connectivity index (χ4v) is 3.56. The van der Waals surface area contributed by atoms with Crippen LogP contribution in [-0.2, 0) is 6.18 Å². The van der Waals surface area contributed by atoms with Gasteiger partial charge >= 0.3 is 6.18 Å². The third kappa shape index (κ3) is 7.70. The van der Waals surface area contributed by atoms with E-state index >= 15 is 0 Å². The van der Waals surface area contributed by atoms with E-state index in [0.717, 1.165) is 17.7 Å². The predicted molar refractivity (Wildman–Crippen MR) is 154 cm³/mol. The molecule has 0 aliphatic heterocycles. The molecule has 5 rings (SSSR count). The molecule has 0 spiro atoms. The van der Waals surface area contributed by atoms with Gasteiger partial charge in [0.05, 0.1) is 18.1 Å². The van der Waals surface area contributed by atoms with Crippen molar-refractivity contribution >= 4 is 17.2 Å². The molecule has 2 aromatic carbocycles. The average molecular weight is 559 g/mol. The standard InChI is InChI=1S/C26H17F3N6O.C3H6.C2H6/c1-17-4-5-19(11-18(17)6-7-22-15-31-24-3-2-8-32-35(22)24)25(36)33-21-12-20(26(27,28)29)13-23(14-21)34-10-9-30-16-34;1-3-2;1-2/h2-5,8-16H,1H3,(H,33,36);3H,1H2,2H3;1-2H3. The molecule has 0 saturated carbocycles. The first-order valence-corrected chi connectivity index (χ1v) is 12.7. The van der Waals surface area contributed by atoms with Crippen molar-refractivity contribution in [3.05, 3.63) is 120 Å². The molecule has 0 aliphatic rings. The molecule has 41 heavy (non-hydrogen) atoms. The van der Waals surface area contributed by atoms with Crippen molar-refractivity contribution in [3.63, 3.8) is 0 Å². The van der Waals surface area contributed by atoms with E-state index in [0.29, 0.717) is 16.9 Å². The van der Waals surface area contributed by atoms with E-state index in [-0.39, 0.29) is 16.9 Å². The molecule has 1 amide bonds. The molecular formula is C31H29F3N6O. The Bertz CT molecular complexity index is 1690. The van der Waals surface area contributed by atoms with Crippen LogP contribution in [0.15, 0.2) is 92.3 Å². The normalized spacial score (nSPS) is 10.3. The summed E-state index contributed by atoms with van der Waals surface area (Å²) in [7, 11) is 0. The SMILES string of the molecule is C=CC.CC.Cc1ccc(C(=O)Nc2cc(-n3ccnc3)cc(C(F)(F)F)c2)cc1C#Cc1cnc2cccnn12. The molecule has 10 heteroatoms. The Hall–Kier alpha value is -5.17. The summed E-state index contributed by atoms with van der Waals surface area (Å²) in [6.45, 7) is 11.1. The molecule has 0 radical (unpaired) electrons. The van der Waals surface area contributed by atoms with Crippen molar-refractivity contribution in [3.8, 4) is 17.5 Å². The zero-order valence-corrected chi connectivity index (χ0v) is 23.1. The molecule has 5 aromatic rings. The fraction of sp³-hybridized carbons (Fsp3) is 0.161. The number of hydrogen-bond acceptors (Lipinski definition) is 4. The highest BCUT2D eigenvalue weighted by molar-refractivity contribution is 6.04. The van der Waals surface area contributed by atoms with Gasteiger partial charge in [-0.2, -0.15) is 18.3 Å². The minimum Gasteiger partial charge on any atom is -0.322 e. The number of carbonyl (C=O) groups is 1. The number of aromatic nitrogens is 5. The van der Waals surface area contributed by atoms with Gasteiger partial charge in [0.25, 0.3) is 5.91 Å². The van der Waals surface area contributed by atoms with Gasteiger partial charge in [-0.1, -0.05) is 31.9 Å². The van der Waals surface area contributed by atoms with Crippen LogP contribution in [0.3, 0.4) is 0 Å². The van der Waals surface area contributed by atoms with Crippen LogP contribution in [0.25, 0.3) is 11.3 Å². The summed E-state index contributed by atoms with van der Waals surface area (Å²) in [5.74, 6) is 5.48. The van der Waals surface area contributed by atoms with Crippen molar-refractivity contribution < 1.29 is 18.0 Å². The number of alkyl halides is 3. The predicted octanol–water partition coefficient (Wildman–Crippen LogP) is 7.11. The summed E-state index contributed by atoms with van der Waals surface area (Å²) in [4.78, 5) is 21.1. The van der Waals surface area contributed by atoms with Gasteiger partial charge in [-0.05, 0) is 67.8 Å². The van der Waals surface area contributed by atoms with Gasteiger partial charge < -0.3 is 9.88 Å². The monoisotopic (exact) mass is 558 g/mol. The number of rotatable bonds is 3. The maximum atomic E-state index is 13.5.